The van der Waals surface area contributed by atoms with Crippen molar-refractivity contribution in [3.05, 3.63) is 149 Å². The van der Waals surface area contributed by atoms with Gasteiger partial charge in [-0.1, -0.05) is 97.4 Å². The smallest absolute Gasteiger partial charge is 0.224 e. The second kappa shape index (κ2) is 20.7. The molecule has 1 aliphatic heterocycles. The molecule has 0 unspecified atom stereocenters. The van der Waals surface area contributed by atoms with Gasteiger partial charge in [0.05, 0.1) is 36.3 Å². The zero-order chi connectivity index (χ0) is 40.9. The minimum Gasteiger partial charge on any atom is -0.508 e. The van der Waals surface area contributed by atoms with Crippen LogP contribution in [0.3, 0.4) is 0 Å². The van der Waals surface area contributed by atoms with Crippen molar-refractivity contribution in [3.63, 3.8) is 0 Å². The highest BCUT2D eigenvalue weighted by atomic mass is 16.7. The fourth-order valence-electron chi connectivity index (χ4n) is 7.14. The molecule has 0 bridgehead atoms. The van der Waals surface area contributed by atoms with Crippen molar-refractivity contribution in [2.75, 3.05) is 31.2 Å². The summed E-state index contributed by atoms with van der Waals surface area (Å²) in [5.74, 6) is 0.00239. The molecule has 7 N–H and O–H groups in total. The van der Waals surface area contributed by atoms with E-state index in [-0.39, 0.29) is 36.4 Å². The van der Waals surface area contributed by atoms with Crippen LogP contribution >= 0.6 is 0 Å². The molecule has 0 spiro atoms. The zero-order valence-electron chi connectivity index (χ0n) is 32.9. The Morgan fingerprint density at radius 2 is 1.52 bits per heavy atom. The lowest BCUT2D eigenvalue weighted by Gasteiger charge is -2.38. The molecule has 304 valence electrons. The van der Waals surface area contributed by atoms with Gasteiger partial charge in [0.2, 0.25) is 11.8 Å². The number of unbranched alkanes of at least 4 members (excludes halogenated alkanes) is 2. The number of aliphatic hydroxyl groups is 2. The summed E-state index contributed by atoms with van der Waals surface area (Å²) < 4.78 is 13.1. The molecule has 1 fully saturated rings. The van der Waals surface area contributed by atoms with Crippen LogP contribution in [0.5, 0.6) is 5.75 Å². The first-order chi connectivity index (χ1) is 28.1. The fraction of sp³-hybridized carbons (Fsp3) is 0.319. The lowest BCUT2D eigenvalue weighted by atomic mass is 9.98. The molecule has 4 atom stereocenters. The number of rotatable bonds is 18. The highest BCUT2D eigenvalue weighted by Gasteiger charge is 2.33. The van der Waals surface area contributed by atoms with Gasteiger partial charge in [0.25, 0.3) is 0 Å². The van der Waals surface area contributed by atoms with Crippen LogP contribution in [0, 0.1) is 0 Å². The Balaban J connectivity index is 1.01. The molecule has 11 heteroatoms. The van der Waals surface area contributed by atoms with E-state index in [1.165, 1.54) is 0 Å². The van der Waals surface area contributed by atoms with Crippen LogP contribution in [0.4, 0.5) is 11.4 Å². The molecule has 0 saturated carbocycles. The second-order valence-electron chi connectivity index (χ2n) is 15.0. The molecule has 6 rings (SSSR count). The van der Waals surface area contributed by atoms with E-state index in [9.17, 15) is 24.9 Å². The van der Waals surface area contributed by atoms with Crippen LogP contribution in [0.25, 0.3) is 11.1 Å². The summed E-state index contributed by atoms with van der Waals surface area (Å²) in [7, 11) is 1.94. The molecule has 1 heterocycles. The number of nitrogen functional groups attached to an aromatic ring is 1. The van der Waals surface area contributed by atoms with Crippen molar-refractivity contribution in [2.24, 2.45) is 0 Å². The van der Waals surface area contributed by atoms with Gasteiger partial charge in [-0.2, -0.15) is 0 Å². The van der Waals surface area contributed by atoms with Crippen LogP contribution in [0.2, 0.25) is 0 Å². The topological polar surface area (TPSA) is 167 Å². The maximum Gasteiger partial charge on any atom is 0.224 e. The van der Waals surface area contributed by atoms with Gasteiger partial charge in [-0.05, 0) is 83.6 Å². The summed E-state index contributed by atoms with van der Waals surface area (Å²) in [5.41, 5.74) is 13.4. The first-order valence-electron chi connectivity index (χ1n) is 19.9. The summed E-state index contributed by atoms with van der Waals surface area (Å²) in [6.45, 7) is 1.28. The first kappa shape index (κ1) is 42.1. The Bertz CT molecular complexity index is 2090. The lowest BCUT2D eigenvalue weighted by molar-refractivity contribution is -0.252. The monoisotopic (exact) mass is 786 g/mol. The molecule has 5 aromatic carbocycles. The molecule has 1 aliphatic rings. The molecule has 11 nitrogen and oxygen atoms in total. The molecule has 0 aliphatic carbocycles. The van der Waals surface area contributed by atoms with Crippen molar-refractivity contribution < 1.29 is 34.4 Å². The van der Waals surface area contributed by atoms with Gasteiger partial charge in [0, 0.05) is 44.5 Å². The van der Waals surface area contributed by atoms with Gasteiger partial charge in [-0.25, -0.2) is 0 Å². The zero-order valence-corrected chi connectivity index (χ0v) is 32.9. The van der Waals surface area contributed by atoms with E-state index in [0.29, 0.717) is 68.7 Å². The summed E-state index contributed by atoms with van der Waals surface area (Å²) in [6.07, 6.45) is 1.67. The van der Waals surface area contributed by atoms with Gasteiger partial charge in [-0.3, -0.25) is 9.59 Å². The second-order valence-corrected chi connectivity index (χ2v) is 15.0. The van der Waals surface area contributed by atoms with Crippen LogP contribution in [0.15, 0.2) is 121 Å². The van der Waals surface area contributed by atoms with E-state index >= 15 is 0 Å². The molecule has 2 amide bonds. The molecule has 5 aromatic rings. The summed E-state index contributed by atoms with van der Waals surface area (Å²) in [6, 6.07) is 37.8. The maximum atomic E-state index is 12.6. The summed E-state index contributed by atoms with van der Waals surface area (Å²) >= 11 is 0. The molecule has 0 radical (unpaired) electrons. The average molecular weight is 787 g/mol. The Labute approximate surface area is 340 Å². The number of anilines is 2. The fourth-order valence-corrected chi connectivity index (χ4v) is 7.14. The SMILES string of the molecule is CN(C[C@@H]1C[C@H](c2ccc(CO)cc2)O[C@H](c2ccc(-c3cccc(CNC(=O)CCCCCC(=O)Nc4ccccc4N)c3)cc2)O1)C[C@@H](O)c1cccc(O)c1. The van der Waals surface area contributed by atoms with E-state index in [1.807, 2.05) is 90.8 Å². The number of aliphatic hydroxyl groups excluding tert-OH is 2. The number of nitrogens with zero attached hydrogens (tertiary/aromatic N) is 1. The van der Waals surface area contributed by atoms with Gasteiger partial charge in [0.15, 0.2) is 6.29 Å². The number of benzene rings is 5. The Hall–Kier alpha value is -5.56. The largest absolute Gasteiger partial charge is 0.508 e. The number of hydrogen-bond donors (Lipinski definition) is 6. The first-order valence-corrected chi connectivity index (χ1v) is 19.9. The van der Waals surface area contributed by atoms with Gasteiger partial charge >= 0.3 is 0 Å². The number of amides is 2. The van der Waals surface area contributed by atoms with Gasteiger partial charge < -0.3 is 46.1 Å². The Morgan fingerprint density at radius 1 is 0.793 bits per heavy atom. The quantitative estimate of drug-likeness (QED) is 0.0389. The van der Waals surface area contributed by atoms with Crippen LogP contribution in [-0.2, 0) is 32.2 Å². The molecule has 58 heavy (non-hydrogen) atoms. The van der Waals surface area contributed by atoms with Crippen LogP contribution < -0.4 is 16.4 Å². The van der Waals surface area contributed by atoms with Crippen LogP contribution in [0.1, 0.15) is 84.8 Å². The number of phenolic OH excluding ortho intramolecular Hbond substituents is 1. The number of nitrogens with two attached hydrogens (primary N) is 1. The number of phenols is 1. The number of carbonyl (C=O) groups excluding carboxylic acids is 2. The normalized spacial score (nSPS) is 17.1. The van der Waals surface area contributed by atoms with Crippen LogP contribution in [-0.4, -0.2) is 58.3 Å². The summed E-state index contributed by atoms with van der Waals surface area (Å²) in [5, 5.41) is 36.2. The average Bonchev–Trinajstić information content (AvgIpc) is 3.23. The standard InChI is InChI=1S/C47H54N4O7/c1-51(30-43(54)38-11-8-12-39(53)26-38)29-40-27-44(35-19-17-32(31-52)18-20-35)58-47(57-40)36-23-21-34(22-24-36)37-10-7-9-33(25-37)28-49-45(55)15-3-2-4-16-46(56)50-42-14-6-5-13-41(42)48/h5-14,17-26,40,43-44,47,52-54H,2-4,15-16,27-31,48H2,1H3,(H,49,55)(H,50,56)/t40-,43+,44+,47+/m0/s1. The number of para-hydroxylation sites is 2. The highest BCUT2D eigenvalue weighted by Crippen LogP contribution is 2.39. The van der Waals surface area contributed by atoms with Gasteiger partial charge in [-0.15, -0.1) is 0 Å². The predicted octanol–water partition coefficient (Wildman–Crippen LogP) is 7.55. The summed E-state index contributed by atoms with van der Waals surface area (Å²) in [4.78, 5) is 26.9. The van der Waals surface area contributed by atoms with Crippen molar-refractivity contribution in [2.45, 2.75) is 76.3 Å². The van der Waals surface area contributed by atoms with Crippen molar-refractivity contribution >= 4 is 23.2 Å². The Kier molecular flexibility index (Phi) is 15.0. The molecule has 0 aromatic heterocycles. The molecular weight excluding hydrogens is 733 g/mol. The molecule has 1 saturated heterocycles. The number of hydrogen-bond acceptors (Lipinski definition) is 9. The minimum atomic E-state index is -0.777. The van der Waals surface area contributed by atoms with E-state index in [0.717, 1.165) is 39.8 Å². The van der Waals surface area contributed by atoms with E-state index in [4.69, 9.17) is 15.2 Å². The lowest BCUT2D eigenvalue weighted by Crippen LogP contribution is -2.39. The number of nitrogens with one attached hydrogen (secondary N) is 2. The third-order valence-corrected chi connectivity index (χ3v) is 10.3. The third-order valence-electron chi connectivity index (χ3n) is 10.3. The van der Waals surface area contributed by atoms with E-state index < -0.39 is 12.4 Å². The van der Waals surface area contributed by atoms with E-state index in [1.54, 1.807) is 36.4 Å². The minimum absolute atomic E-state index is 0.0245. The Morgan fingerprint density at radius 3 is 2.26 bits per heavy atom. The molecular formula is C47H54N4O7. The number of aromatic hydroxyl groups is 1. The maximum absolute atomic E-state index is 12.6. The van der Waals surface area contributed by atoms with Gasteiger partial charge in [0.1, 0.15) is 5.75 Å². The number of likely N-dealkylation sites (N-methyl/N-ethyl adjacent to an activating group) is 1. The van der Waals surface area contributed by atoms with Crippen molar-refractivity contribution in [3.8, 4) is 16.9 Å². The number of carbonyl (C=O) groups is 2. The number of ether oxygens (including phenoxy) is 2. The third kappa shape index (κ3) is 12.2. The van der Waals surface area contributed by atoms with Crippen molar-refractivity contribution in [1.82, 2.24) is 10.2 Å². The van der Waals surface area contributed by atoms with E-state index in [2.05, 4.69) is 16.7 Å². The van der Waals surface area contributed by atoms with Crippen molar-refractivity contribution in [1.29, 1.82) is 0 Å². The predicted molar refractivity (Wildman–Crippen MR) is 225 cm³/mol. The highest BCUT2D eigenvalue weighted by molar-refractivity contribution is 5.93.